The van der Waals surface area contributed by atoms with E-state index in [-0.39, 0.29) is 18.5 Å². The number of rotatable bonds is 6. The lowest BCUT2D eigenvalue weighted by Crippen LogP contribution is -2.60. The molecule has 0 aromatic carbocycles. The zero-order chi connectivity index (χ0) is 15.9. The molecule has 0 saturated carbocycles. The number of β-lactam (4-membered cyclic amide) rings is 1. The van der Waals surface area contributed by atoms with Gasteiger partial charge in [-0.05, 0) is 13.3 Å². The Labute approximate surface area is 124 Å². The van der Waals surface area contributed by atoms with Gasteiger partial charge in [0, 0.05) is 17.4 Å². The third-order valence-corrected chi connectivity index (χ3v) is 5.03. The summed E-state index contributed by atoms with van der Waals surface area (Å²) in [6, 6.07) is -0.759. The van der Waals surface area contributed by atoms with Crippen LogP contribution in [0.25, 0.3) is 0 Å². The Morgan fingerprint density at radius 3 is 2.52 bits per heavy atom. The molecule has 0 spiro atoms. The van der Waals surface area contributed by atoms with Gasteiger partial charge in [0.1, 0.15) is 11.1 Å². The van der Waals surface area contributed by atoms with Gasteiger partial charge in [-0.2, -0.15) is 0 Å². The van der Waals surface area contributed by atoms with Crippen LogP contribution in [-0.2, 0) is 14.4 Å². The summed E-state index contributed by atoms with van der Waals surface area (Å²) >= 11 is 1.12. The van der Waals surface area contributed by atoms with Gasteiger partial charge in [-0.3, -0.25) is 14.5 Å². The van der Waals surface area contributed by atoms with Gasteiger partial charge in [0.25, 0.3) is 0 Å². The summed E-state index contributed by atoms with van der Waals surface area (Å²) in [4.78, 5) is 35.3. The molecule has 0 aromatic rings. The van der Waals surface area contributed by atoms with Gasteiger partial charge in [-0.25, -0.2) is 4.79 Å². The van der Waals surface area contributed by atoms with E-state index in [0.29, 0.717) is 4.91 Å². The van der Waals surface area contributed by atoms with E-state index in [0.717, 1.165) is 16.7 Å². The van der Waals surface area contributed by atoms with Crippen molar-refractivity contribution in [2.75, 3.05) is 0 Å². The Morgan fingerprint density at radius 1 is 1.43 bits per heavy atom. The molecule has 1 saturated heterocycles. The van der Waals surface area contributed by atoms with E-state index in [1.165, 1.54) is 6.92 Å². The van der Waals surface area contributed by atoms with Crippen LogP contribution < -0.4 is 5.73 Å². The third-order valence-electron chi connectivity index (χ3n) is 3.53. The summed E-state index contributed by atoms with van der Waals surface area (Å²) in [7, 11) is 0. The fourth-order valence-electron chi connectivity index (χ4n) is 2.48. The van der Waals surface area contributed by atoms with Gasteiger partial charge >= 0.3 is 11.9 Å². The molecule has 9 heteroatoms. The Morgan fingerprint density at radius 2 is 2.05 bits per heavy atom. The third kappa shape index (κ3) is 2.63. The van der Waals surface area contributed by atoms with Crippen LogP contribution in [0.1, 0.15) is 19.8 Å². The molecule has 5 N–H and O–H groups in total. The normalized spacial score (nSPS) is 27.2. The lowest BCUT2D eigenvalue weighted by atomic mass is 9.92. The number of carboxylic acids is 2. The molecule has 0 bridgehead atoms. The zero-order valence-corrected chi connectivity index (χ0v) is 12.0. The lowest BCUT2D eigenvalue weighted by Gasteiger charge is -2.43. The van der Waals surface area contributed by atoms with Crippen LogP contribution >= 0.6 is 11.8 Å². The van der Waals surface area contributed by atoms with Crippen LogP contribution in [0.4, 0.5) is 0 Å². The standard InChI is InChI=1S/C12H16N2O6S/c1-4(15)7-10(18)14-8(12(19)20)9(21-11(7)14)5(13)2-3-6(16)17/h4-5,7,11,15H,2-3,13H2,1H3,(H,16,17)(H,19,20)/t4?,5-,7+,11-/m1/s1. The van der Waals surface area contributed by atoms with Gasteiger partial charge in [0.15, 0.2) is 0 Å². The first-order valence-electron chi connectivity index (χ1n) is 6.38. The molecule has 8 nitrogen and oxygen atoms in total. The minimum Gasteiger partial charge on any atom is -0.481 e. The van der Waals surface area contributed by atoms with Crippen LogP contribution in [-0.4, -0.2) is 55.6 Å². The summed E-state index contributed by atoms with van der Waals surface area (Å²) in [6.45, 7) is 1.48. The number of nitrogens with two attached hydrogens (primary N) is 1. The van der Waals surface area contributed by atoms with Crippen molar-refractivity contribution in [1.82, 2.24) is 4.90 Å². The summed E-state index contributed by atoms with van der Waals surface area (Å²) < 4.78 is 0. The van der Waals surface area contributed by atoms with Crippen molar-refractivity contribution in [3.05, 3.63) is 10.6 Å². The molecule has 2 aliphatic rings. The highest BCUT2D eigenvalue weighted by molar-refractivity contribution is 8.04. The first-order chi connectivity index (χ1) is 9.75. The van der Waals surface area contributed by atoms with Crippen molar-refractivity contribution in [3.8, 4) is 0 Å². The molecule has 1 amide bonds. The maximum absolute atomic E-state index is 12.0. The van der Waals surface area contributed by atoms with E-state index in [1.807, 2.05) is 0 Å². The fraction of sp³-hybridized carbons (Fsp3) is 0.583. The van der Waals surface area contributed by atoms with Crippen molar-refractivity contribution < 1.29 is 29.7 Å². The molecule has 21 heavy (non-hydrogen) atoms. The lowest BCUT2D eigenvalue weighted by molar-refractivity contribution is -0.156. The molecule has 4 atom stereocenters. The first kappa shape index (κ1) is 15.8. The van der Waals surface area contributed by atoms with E-state index in [2.05, 4.69) is 0 Å². The van der Waals surface area contributed by atoms with E-state index in [4.69, 9.17) is 10.8 Å². The highest BCUT2D eigenvalue weighted by atomic mass is 32.2. The number of aliphatic carboxylic acids is 2. The molecule has 2 rings (SSSR count). The summed E-state index contributed by atoms with van der Waals surface area (Å²) in [5, 5.41) is 27.0. The van der Waals surface area contributed by atoms with Gasteiger partial charge < -0.3 is 21.1 Å². The smallest absolute Gasteiger partial charge is 0.353 e. The van der Waals surface area contributed by atoms with Crippen LogP contribution in [0.5, 0.6) is 0 Å². The molecule has 116 valence electrons. The fourth-order valence-corrected chi connectivity index (χ4v) is 4.14. The zero-order valence-electron chi connectivity index (χ0n) is 11.2. The molecule has 1 fully saturated rings. The minimum atomic E-state index is -1.27. The van der Waals surface area contributed by atoms with Crippen LogP contribution in [0.3, 0.4) is 0 Å². The monoisotopic (exact) mass is 316 g/mol. The quantitative estimate of drug-likeness (QED) is 0.475. The summed E-state index contributed by atoms with van der Waals surface area (Å²) in [5.41, 5.74) is 5.68. The Kier molecular flexibility index (Phi) is 4.26. The number of aliphatic hydroxyl groups is 1. The van der Waals surface area contributed by atoms with Crippen molar-refractivity contribution in [2.45, 2.75) is 37.3 Å². The Hall–Kier alpha value is -1.58. The molecule has 0 aliphatic carbocycles. The Bertz CT molecular complexity index is 532. The number of fused-ring (bicyclic) bond motifs is 1. The maximum Gasteiger partial charge on any atom is 0.353 e. The van der Waals surface area contributed by atoms with Crippen LogP contribution in [0.2, 0.25) is 0 Å². The van der Waals surface area contributed by atoms with Crippen molar-refractivity contribution in [3.63, 3.8) is 0 Å². The number of carboxylic acid groups (broad SMARTS) is 2. The molecular formula is C12H16N2O6S. The predicted octanol–water partition coefficient (Wildman–Crippen LogP) is -0.613. The van der Waals surface area contributed by atoms with Crippen molar-refractivity contribution >= 4 is 29.6 Å². The minimum absolute atomic E-state index is 0.0859. The Balaban J connectivity index is 2.22. The second-order valence-corrected chi connectivity index (χ2v) is 6.20. The van der Waals surface area contributed by atoms with Gasteiger partial charge in [-0.15, -0.1) is 0 Å². The van der Waals surface area contributed by atoms with Gasteiger partial charge in [0.2, 0.25) is 5.91 Å². The number of carbonyl (C=O) groups is 3. The SMILES string of the molecule is CC(O)[C@H]1C(=O)N2C(C(=O)O)=C([C@H](N)CCC(=O)O)S[C@H]12. The molecule has 0 radical (unpaired) electrons. The molecular weight excluding hydrogens is 300 g/mol. The van der Waals surface area contributed by atoms with Crippen molar-refractivity contribution in [2.24, 2.45) is 11.7 Å². The second kappa shape index (κ2) is 5.66. The number of carbonyl (C=O) groups excluding carboxylic acids is 1. The maximum atomic E-state index is 12.0. The highest BCUT2D eigenvalue weighted by Crippen LogP contribution is 2.51. The number of aliphatic hydroxyl groups excluding tert-OH is 1. The topological polar surface area (TPSA) is 141 Å². The molecule has 1 unspecified atom stereocenters. The molecule has 0 aromatic heterocycles. The number of hydrogen-bond donors (Lipinski definition) is 4. The number of hydrogen-bond acceptors (Lipinski definition) is 6. The van der Waals surface area contributed by atoms with E-state index in [1.54, 1.807) is 0 Å². The summed E-state index contributed by atoms with van der Waals surface area (Å²) in [6.07, 6.45) is -0.977. The van der Waals surface area contributed by atoms with E-state index >= 15 is 0 Å². The largest absolute Gasteiger partial charge is 0.481 e. The second-order valence-electron chi connectivity index (χ2n) is 5.04. The molecule has 2 aliphatic heterocycles. The first-order valence-corrected chi connectivity index (χ1v) is 7.26. The number of nitrogens with zero attached hydrogens (tertiary/aromatic N) is 1. The average molecular weight is 316 g/mol. The van der Waals surface area contributed by atoms with E-state index < -0.39 is 41.3 Å². The predicted molar refractivity (Wildman–Crippen MR) is 72.9 cm³/mol. The van der Waals surface area contributed by atoms with Crippen LogP contribution in [0.15, 0.2) is 10.6 Å². The average Bonchev–Trinajstić information content (AvgIpc) is 2.70. The van der Waals surface area contributed by atoms with Gasteiger partial charge in [-0.1, -0.05) is 11.8 Å². The molecule has 2 heterocycles. The van der Waals surface area contributed by atoms with Gasteiger partial charge in [0.05, 0.1) is 12.0 Å². The summed E-state index contributed by atoms with van der Waals surface area (Å²) in [5.74, 6) is -3.40. The van der Waals surface area contributed by atoms with Crippen molar-refractivity contribution in [1.29, 1.82) is 0 Å². The number of amides is 1. The van der Waals surface area contributed by atoms with Crippen LogP contribution in [0, 0.1) is 5.92 Å². The van der Waals surface area contributed by atoms with E-state index in [9.17, 15) is 24.6 Å². The number of thioether (sulfide) groups is 1. The highest BCUT2D eigenvalue weighted by Gasteiger charge is 2.58.